The Morgan fingerprint density at radius 2 is 2.12 bits per heavy atom. The van der Waals surface area contributed by atoms with Crippen LogP contribution < -0.4 is 10.6 Å². The van der Waals surface area contributed by atoms with Crippen LogP contribution in [0.1, 0.15) is 59.8 Å². The molecular formula is C13H26N2O. The van der Waals surface area contributed by atoms with Crippen molar-refractivity contribution in [3.05, 3.63) is 0 Å². The van der Waals surface area contributed by atoms with Gasteiger partial charge in [-0.3, -0.25) is 4.79 Å². The van der Waals surface area contributed by atoms with Crippen LogP contribution in [0.15, 0.2) is 0 Å². The molecule has 3 nitrogen and oxygen atoms in total. The Hall–Kier alpha value is -0.570. The summed E-state index contributed by atoms with van der Waals surface area (Å²) in [5, 5.41) is 6.51. The monoisotopic (exact) mass is 226 g/mol. The number of amides is 1. The minimum Gasteiger partial charge on any atom is -0.350 e. The molecule has 1 rings (SSSR count). The standard InChI is InChI=1S/C13H26N2O/c1-5-8-12(2,3)15-11(16)13(4)9-6-7-10-14-13/h14H,5-10H2,1-4H3,(H,15,16). The van der Waals surface area contributed by atoms with E-state index in [1.165, 1.54) is 6.42 Å². The zero-order valence-corrected chi connectivity index (χ0v) is 11.2. The quantitative estimate of drug-likeness (QED) is 0.771. The van der Waals surface area contributed by atoms with E-state index in [1.807, 2.05) is 6.92 Å². The van der Waals surface area contributed by atoms with E-state index in [0.29, 0.717) is 0 Å². The summed E-state index contributed by atoms with van der Waals surface area (Å²) in [5.74, 6) is 0.158. The fourth-order valence-corrected chi connectivity index (χ4v) is 2.38. The van der Waals surface area contributed by atoms with Gasteiger partial charge in [0, 0.05) is 5.54 Å². The van der Waals surface area contributed by atoms with Crippen LogP contribution in [0.5, 0.6) is 0 Å². The van der Waals surface area contributed by atoms with E-state index in [9.17, 15) is 4.79 Å². The number of hydrogen-bond acceptors (Lipinski definition) is 2. The highest BCUT2D eigenvalue weighted by Crippen LogP contribution is 2.21. The Labute approximate surface area is 99.4 Å². The number of carbonyl (C=O) groups is 1. The molecule has 0 aromatic heterocycles. The fraction of sp³-hybridized carbons (Fsp3) is 0.923. The van der Waals surface area contributed by atoms with E-state index in [2.05, 4.69) is 31.4 Å². The van der Waals surface area contributed by atoms with Gasteiger partial charge >= 0.3 is 0 Å². The third-order valence-electron chi connectivity index (χ3n) is 3.45. The second-order valence-electron chi connectivity index (χ2n) is 5.80. The molecule has 0 saturated carbocycles. The highest BCUT2D eigenvalue weighted by atomic mass is 16.2. The normalized spacial score (nSPS) is 26.5. The molecule has 3 heteroatoms. The van der Waals surface area contributed by atoms with Crippen LogP contribution >= 0.6 is 0 Å². The second-order valence-corrected chi connectivity index (χ2v) is 5.80. The van der Waals surface area contributed by atoms with Gasteiger partial charge in [-0.2, -0.15) is 0 Å². The van der Waals surface area contributed by atoms with Crippen LogP contribution in [0.4, 0.5) is 0 Å². The van der Waals surface area contributed by atoms with E-state index >= 15 is 0 Å². The summed E-state index contributed by atoms with van der Waals surface area (Å²) in [7, 11) is 0. The molecule has 16 heavy (non-hydrogen) atoms. The average molecular weight is 226 g/mol. The maximum Gasteiger partial charge on any atom is 0.240 e. The molecule has 1 heterocycles. The van der Waals surface area contributed by atoms with E-state index < -0.39 is 0 Å². The van der Waals surface area contributed by atoms with E-state index in [-0.39, 0.29) is 17.0 Å². The lowest BCUT2D eigenvalue weighted by molar-refractivity contribution is -0.129. The first-order valence-electron chi connectivity index (χ1n) is 6.47. The molecular weight excluding hydrogens is 200 g/mol. The maximum atomic E-state index is 12.2. The molecule has 0 radical (unpaired) electrons. The van der Waals surface area contributed by atoms with Crippen LogP contribution in [0.3, 0.4) is 0 Å². The first-order chi connectivity index (χ1) is 7.40. The lowest BCUT2D eigenvalue weighted by Crippen LogP contribution is -2.60. The Bertz CT molecular complexity index is 242. The predicted octanol–water partition coefficient (Wildman–Crippen LogP) is 2.21. The van der Waals surface area contributed by atoms with Crippen molar-refractivity contribution in [2.24, 2.45) is 0 Å². The van der Waals surface area contributed by atoms with E-state index in [4.69, 9.17) is 0 Å². The molecule has 0 bridgehead atoms. The number of hydrogen-bond donors (Lipinski definition) is 2. The van der Waals surface area contributed by atoms with Gasteiger partial charge in [-0.1, -0.05) is 13.3 Å². The third-order valence-corrected chi connectivity index (χ3v) is 3.45. The summed E-state index contributed by atoms with van der Waals surface area (Å²) in [5.41, 5.74) is -0.447. The van der Waals surface area contributed by atoms with Gasteiger partial charge in [0.15, 0.2) is 0 Å². The van der Waals surface area contributed by atoms with Crippen LogP contribution in [0.2, 0.25) is 0 Å². The molecule has 1 saturated heterocycles. The van der Waals surface area contributed by atoms with Crippen molar-refractivity contribution in [3.63, 3.8) is 0 Å². The molecule has 0 aromatic rings. The van der Waals surface area contributed by atoms with Gasteiger partial charge < -0.3 is 10.6 Å². The summed E-state index contributed by atoms with van der Waals surface area (Å²) in [6.07, 6.45) is 5.39. The number of carbonyl (C=O) groups excluding carboxylic acids is 1. The van der Waals surface area contributed by atoms with Crippen molar-refractivity contribution in [1.82, 2.24) is 10.6 Å². The minimum atomic E-state index is -0.358. The zero-order chi connectivity index (χ0) is 12.2. The molecule has 0 aliphatic carbocycles. The lowest BCUT2D eigenvalue weighted by Gasteiger charge is -2.37. The molecule has 1 aliphatic heterocycles. The molecule has 0 spiro atoms. The summed E-state index contributed by atoms with van der Waals surface area (Å²) >= 11 is 0. The Kier molecular flexibility index (Phi) is 4.36. The SMILES string of the molecule is CCCC(C)(C)NC(=O)C1(C)CCCCN1. The van der Waals surface area contributed by atoms with Crippen molar-refractivity contribution < 1.29 is 4.79 Å². The van der Waals surface area contributed by atoms with Crippen molar-refractivity contribution in [2.45, 2.75) is 70.9 Å². The van der Waals surface area contributed by atoms with Crippen LogP contribution in [0, 0.1) is 0 Å². The number of piperidine rings is 1. The first kappa shape index (κ1) is 13.5. The molecule has 1 amide bonds. The van der Waals surface area contributed by atoms with E-state index in [0.717, 1.165) is 32.2 Å². The maximum absolute atomic E-state index is 12.2. The summed E-state index contributed by atoms with van der Waals surface area (Å²) < 4.78 is 0. The predicted molar refractivity (Wildman–Crippen MR) is 67.4 cm³/mol. The molecule has 94 valence electrons. The Morgan fingerprint density at radius 1 is 1.44 bits per heavy atom. The van der Waals surface area contributed by atoms with Crippen LogP contribution in [0.25, 0.3) is 0 Å². The zero-order valence-electron chi connectivity index (χ0n) is 11.2. The van der Waals surface area contributed by atoms with Gasteiger partial charge in [0.2, 0.25) is 5.91 Å². The third kappa shape index (κ3) is 3.48. The Balaban J connectivity index is 2.56. The van der Waals surface area contributed by atoms with Gasteiger partial charge in [-0.05, 0) is 53.0 Å². The summed E-state index contributed by atoms with van der Waals surface area (Å²) in [6.45, 7) is 9.32. The van der Waals surface area contributed by atoms with Crippen molar-refractivity contribution in [1.29, 1.82) is 0 Å². The highest BCUT2D eigenvalue weighted by molar-refractivity contribution is 5.86. The van der Waals surface area contributed by atoms with Gasteiger partial charge in [0.1, 0.15) is 0 Å². The van der Waals surface area contributed by atoms with Crippen molar-refractivity contribution >= 4 is 5.91 Å². The second kappa shape index (κ2) is 5.17. The van der Waals surface area contributed by atoms with Gasteiger partial charge in [0.05, 0.1) is 5.54 Å². The molecule has 1 aliphatic rings. The van der Waals surface area contributed by atoms with Crippen LogP contribution in [-0.4, -0.2) is 23.5 Å². The van der Waals surface area contributed by atoms with Crippen LogP contribution in [-0.2, 0) is 4.79 Å². The minimum absolute atomic E-state index is 0.0893. The highest BCUT2D eigenvalue weighted by Gasteiger charge is 2.36. The topological polar surface area (TPSA) is 41.1 Å². The molecule has 0 aromatic carbocycles. The van der Waals surface area contributed by atoms with Gasteiger partial charge in [-0.25, -0.2) is 0 Å². The summed E-state index contributed by atoms with van der Waals surface area (Å²) in [6, 6.07) is 0. The summed E-state index contributed by atoms with van der Waals surface area (Å²) in [4.78, 5) is 12.2. The fourth-order valence-electron chi connectivity index (χ4n) is 2.38. The van der Waals surface area contributed by atoms with E-state index in [1.54, 1.807) is 0 Å². The smallest absolute Gasteiger partial charge is 0.240 e. The van der Waals surface area contributed by atoms with Crippen molar-refractivity contribution in [2.75, 3.05) is 6.54 Å². The average Bonchev–Trinajstić information content (AvgIpc) is 2.17. The lowest BCUT2D eigenvalue weighted by atomic mass is 9.88. The van der Waals surface area contributed by atoms with Crippen molar-refractivity contribution in [3.8, 4) is 0 Å². The largest absolute Gasteiger partial charge is 0.350 e. The van der Waals surface area contributed by atoms with Gasteiger partial charge in [0.25, 0.3) is 0 Å². The molecule has 1 unspecified atom stereocenters. The molecule has 1 atom stereocenters. The number of nitrogens with one attached hydrogen (secondary N) is 2. The number of rotatable bonds is 4. The van der Waals surface area contributed by atoms with Gasteiger partial charge in [-0.15, -0.1) is 0 Å². The first-order valence-corrected chi connectivity index (χ1v) is 6.47. The molecule has 1 fully saturated rings. The Morgan fingerprint density at radius 3 is 2.62 bits per heavy atom. The molecule has 2 N–H and O–H groups in total.